The van der Waals surface area contributed by atoms with Crippen molar-refractivity contribution in [2.24, 2.45) is 11.7 Å². The van der Waals surface area contributed by atoms with Crippen molar-refractivity contribution in [2.75, 3.05) is 18.0 Å². The number of nitrogens with zero attached hydrogens (tertiary/aromatic N) is 1. The molecule has 0 bridgehead atoms. The number of hydrogen-bond acceptors (Lipinski definition) is 2. The summed E-state index contributed by atoms with van der Waals surface area (Å²) < 4.78 is 0. The van der Waals surface area contributed by atoms with Crippen molar-refractivity contribution in [3.63, 3.8) is 0 Å². The van der Waals surface area contributed by atoms with Crippen LogP contribution in [0.2, 0.25) is 0 Å². The van der Waals surface area contributed by atoms with Crippen molar-refractivity contribution < 1.29 is 0 Å². The highest BCUT2D eigenvalue weighted by Crippen LogP contribution is 2.27. The summed E-state index contributed by atoms with van der Waals surface area (Å²) in [6.45, 7) is 6.85. The summed E-state index contributed by atoms with van der Waals surface area (Å²) in [7, 11) is 0. The molecule has 0 amide bonds. The molecule has 1 aliphatic heterocycles. The fraction of sp³-hybridized carbons (Fsp3) is 0.647. The maximum absolute atomic E-state index is 6.06. The van der Waals surface area contributed by atoms with Crippen LogP contribution in [-0.2, 0) is 0 Å². The molecule has 106 valence electrons. The van der Waals surface area contributed by atoms with Gasteiger partial charge in [0.15, 0.2) is 0 Å². The molecule has 2 nitrogen and oxygen atoms in total. The van der Waals surface area contributed by atoms with Gasteiger partial charge in [0.1, 0.15) is 0 Å². The van der Waals surface area contributed by atoms with Crippen LogP contribution < -0.4 is 10.6 Å². The van der Waals surface area contributed by atoms with E-state index in [4.69, 9.17) is 5.73 Å². The Hall–Kier alpha value is -1.02. The monoisotopic (exact) mass is 260 g/mol. The Balaban J connectivity index is 1.92. The van der Waals surface area contributed by atoms with Gasteiger partial charge < -0.3 is 10.6 Å². The van der Waals surface area contributed by atoms with E-state index >= 15 is 0 Å². The second kappa shape index (κ2) is 6.95. The van der Waals surface area contributed by atoms with Crippen LogP contribution in [-0.4, -0.2) is 13.1 Å². The lowest BCUT2D eigenvalue weighted by Gasteiger charge is -2.33. The molecule has 2 heteroatoms. The van der Waals surface area contributed by atoms with E-state index in [1.807, 2.05) is 0 Å². The van der Waals surface area contributed by atoms with Crippen molar-refractivity contribution in [3.8, 4) is 0 Å². The third-order valence-corrected chi connectivity index (χ3v) is 4.44. The molecule has 2 N–H and O–H groups in total. The zero-order chi connectivity index (χ0) is 13.7. The van der Waals surface area contributed by atoms with Gasteiger partial charge in [-0.2, -0.15) is 0 Å². The highest BCUT2D eigenvalue weighted by molar-refractivity contribution is 5.48. The van der Waals surface area contributed by atoms with Crippen LogP contribution in [0.1, 0.15) is 57.6 Å². The highest BCUT2D eigenvalue weighted by atomic mass is 15.1. The van der Waals surface area contributed by atoms with E-state index in [-0.39, 0.29) is 6.04 Å². The van der Waals surface area contributed by atoms with Crippen molar-refractivity contribution in [1.29, 1.82) is 0 Å². The van der Waals surface area contributed by atoms with E-state index in [0.29, 0.717) is 0 Å². The number of nitrogens with two attached hydrogens (primary N) is 1. The molecular formula is C17H28N2. The number of rotatable bonds is 5. The van der Waals surface area contributed by atoms with E-state index in [9.17, 15) is 0 Å². The van der Waals surface area contributed by atoms with Gasteiger partial charge >= 0.3 is 0 Å². The third kappa shape index (κ3) is 3.73. The zero-order valence-corrected chi connectivity index (χ0v) is 12.4. The number of hydrogen-bond donors (Lipinski definition) is 1. The molecule has 0 radical (unpaired) electrons. The van der Waals surface area contributed by atoms with Crippen LogP contribution >= 0.6 is 0 Å². The van der Waals surface area contributed by atoms with Gasteiger partial charge in [-0.25, -0.2) is 0 Å². The first kappa shape index (κ1) is 14.4. The number of anilines is 1. The van der Waals surface area contributed by atoms with Gasteiger partial charge in [0.25, 0.3) is 0 Å². The highest BCUT2D eigenvalue weighted by Gasteiger charge is 2.18. The average Bonchev–Trinajstić information content (AvgIpc) is 2.48. The predicted octanol–water partition coefficient (Wildman–Crippen LogP) is 4.11. The summed E-state index contributed by atoms with van der Waals surface area (Å²) in [5, 5.41) is 0. The molecule has 2 rings (SSSR count). The Morgan fingerprint density at radius 1 is 1.16 bits per heavy atom. The molecule has 1 saturated heterocycles. The Labute approximate surface area is 118 Å². The topological polar surface area (TPSA) is 29.3 Å². The number of piperidine rings is 1. The molecule has 0 unspecified atom stereocenters. The van der Waals surface area contributed by atoms with Crippen LogP contribution in [0.15, 0.2) is 24.3 Å². The van der Waals surface area contributed by atoms with E-state index in [0.717, 1.165) is 12.3 Å². The van der Waals surface area contributed by atoms with Crippen LogP contribution in [0.4, 0.5) is 5.69 Å². The number of benzene rings is 1. The zero-order valence-electron chi connectivity index (χ0n) is 12.4. The normalized spacial score (nSPS) is 18.6. The van der Waals surface area contributed by atoms with E-state index < -0.39 is 0 Å². The molecule has 1 fully saturated rings. The first-order valence-corrected chi connectivity index (χ1v) is 7.85. The second-order valence-electron chi connectivity index (χ2n) is 5.83. The van der Waals surface area contributed by atoms with Gasteiger partial charge in [-0.3, -0.25) is 0 Å². The first-order valence-electron chi connectivity index (χ1n) is 7.85. The molecule has 1 atom stereocenters. The lowest BCUT2D eigenvalue weighted by Crippen LogP contribution is -2.33. The van der Waals surface area contributed by atoms with Crippen LogP contribution in [0, 0.1) is 5.92 Å². The molecule has 19 heavy (non-hydrogen) atoms. The van der Waals surface area contributed by atoms with Crippen molar-refractivity contribution >= 4 is 5.69 Å². The van der Waals surface area contributed by atoms with Crippen LogP contribution in [0.3, 0.4) is 0 Å². The summed E-state index contributed by atoms with van der Waals surface area (Å²) in [6, 6.07) is 9.06. The molecule has 0 aromatic heterocycles. The molecule has 0 saturated carbocycles. The maximum atomic E-state index is 6.06. The van der Waals surface area contributed by atoms with Gasteiger partial charge in [-0.15, -0.1) is 0 Å². The molecule has 1 aliphatic rings. The molecule has 1 aromatic carbocycles. The summed E-state index contributed by atoms with van der Waals surface area (Å²) in [5.41, 5.74) is 8.68. The van der Waals surface area contributed by atoms with E-state index in [1.165, 1.54) is 50.0 Å². The van der Waals surface area contributed by atoms with E-state index in [2.05, 4.69) is 43.0 Å². The van der Waals surface area contributed by atoms with Gasteiger partial charge in [0, 0.05) is 24.8 Å². The third-order valence-electron chi connectivity index (χ3n) is 4.44. The van der Waals surface area contributed by atoms with Crippen LogP contribution in [0.25, 0.3) is 0 Å². The van der Waals surface area contributed by atoms with Gasteiger partial charge in [0.2, 0.25) is 0 Å². The first-order chi connectivity index (χ1) is 9.24. The fourth-order valence-corrected chi connectivity index (χ4v) is 3.06. The molecule has 1 aromatic rings. The Morgan fingerprint density at radius 3 is 2.32 bits per heavy atom. The van der Waals surface area contributed by atoms with E-state index in [1.54, 1.807) is 0 Å². The SMILES string of the molecule is CCCC1CCN(c2ccc([C@@H](N)CC)cc2)CC1. The Kier molecular flexibility index (Phi) is 5.26. The molecule has 1 heterocycles. The quantitative estimate of drug-likeness (QED) is 0.863. The van der Waals surface area contributed by atoms with Crippen molar-refractivity contribution in [3.05, 3.63) is 29.8 Å². The molecular weight excluding hydrogens is 232 g/mol. The Morgan fingerprint density at radius 2 is 1.79 bits per heavy atom. The van der Waals surface area contributed by atoms with Gasteiger partial charge in [0.05, 0.1) is 0 Å². The lowest BCUT2D eigenvalue weighted by molar-refractivity contribution is 0.378. The minimum atomic E-state index is 0.185. The molecule has 0 aliphatic carbocycles. The average molecular weight is 260 g/mol. The lowest BCUT2D eigenvalue weighted by atomic mass is 9.92. The minimum Gasteiger partial charge on any atom is -0.372 e. The summed E-state index contributed by atoms with van der Waals surface area (Å²) in [4.78, 5) is 2.52. The maximum Gasteiger partial charge on any atom is 0.0366 e. The summed E-state index contributed by atoms with van der Waals surface area (Å²) >= 11 is 0. The van der Waals surface area contributed by atoms with Crippen molar-refractivity contribution in [2.45, 2.75) is 52.0 Å². The van der Waals surface area contributed by atoms with Crippen LogP contribution in [0.5, 0.6) is 0 Å². The fourth-order valence-electron chi connectivity index (χ4n) is 3.06. The standard InChI is InChI=1S/C17H28N2/c1-3-5-14-10-12-19(13-11-14)16-8-6-15(7-9-16)17(18)4-2/h6-9,14,17H,3-5,10-13,18H2,1-2H3/t17-/m0/s1. The van der Waals surface area contributed by atoms with Gasteiger partial charge in [-0.1, -0.05) is 38.8 Å². The van der Waals surface area contributed by atoms with Gasteiger partial charge in [-0.05, 0) is 42.9 Å². The molecule has 0 spiro atoms. The second-order valence-corrected chi connectivity index (χ2v) is 5.83. The predicted molar refractivity (Wildman–Crippen MR) is 83.5 cm³/mol. The minimum absolute atomic E-state index is 0.185. The largest absolute Gasteiger partial charge is 0.372 e. The Bertz CT molecular complexity index is 363. The van der Waals surface area contributed by atoms with Crippen molar-refractivity contribution in [1.82, 2.24) is 0 Å². The summed E-state index contributed by atoms with van der Waals surface area (Å²) in [6.07, 6.45) is 6.43. The smallest absolute Gasteiger partial charge is 0.0366 e. The summed E-state index contributed by atoms with van der Waals surface area (Å²) in [5.74, 6) is 0.953.